The lowest BCUT2D eigenvalue weighted by Crippen LogP contribution is -2.55. The summed E-state index contributed by atoms with van der Waals surface area (Å²) in [6.07, 6.45) is 2.60. The molecule has 2 heterocycles. The fourth-order valence-corrected chi connectivity index (χ4v) is 5.44. The van der Waals surface area contributed by atoms with Gasteiger partial charge < -0.3 is 19.9 Å². The monoisotopic (exact) mass is 452 g/mol. The minimum absolute atomic E-state index is 0.0162. The Hall–Kier alpha value is -2.66. The number of hydrogen-bond acceptors (Lipinski definition) is 6. The number of piperidine rings is 1. The van der Waals surface area contributed by atoms with Crippen molar-refractivity contribution >= 4 is 33.4 Å². The van der Waals surface area contributed by atoms with Crippen molar-refractivity contribution in [3.05, 3.63) is 18.2 Å². The lowest BCUT2D eigenvalue weighted by atomic mass is 10.2. The van der Waals surface area contributed by atoms with E-state index in [0.29, 0.717) is 26.2 Å². The number of anilines is 1. The van der Waals surface area contributed by atoms with E-state index in [1.54, 1.807) is 6.92 Å². The van der Waals surface area contributed by atoms with Crippen molar-refractivity contribution in [3.8, 4) is 5.75 Å². The highest BCUT2D eigenvalue weighted by Crippen LogP contribution is 2.31. The summed E-state index contributed by atoms with van der Waals surface area (Å²) in [5.41, 5.74) is 0.271. The number of benzene rings is 1. The van der Waals surface area contributed by atoms with E-state index < -0.39 is 27.7 Å². The number of piperazine rings is 1. The van der Waals surface area contributed by atoms with Gasteiger partial charge in [-0.1, -0.05) is 6.42 Å². The van der Waals surface area contributed by atoms with Crippen molar-refractivity contribution in [3.63, 3.8) is 0 Å². The number of nitrogens with zero attached hydrogens (tertiary/aromatic N) is 3. The first-order chi connectivity index (χ1) is 14.8. The van der Waals surface area contributed by atoms with E-state index in [1.165, 1.54) is 39.4 Å². The largest absolute Gasteiger partial charge is 0.495 e. The first kappa shape index (κ1) is 23.0. The van der Waals surface area contributed by atoms with Gasteiger partial charge in [0.15, 0.2) is 0 Å². The Balaban J connectivity index is 1.73. The van der Waals surface area contributed by atoms with Gasteiger partial charge in [0.1, 0.15) is 17.2 Å². The maximum atomic E-state index is 13.1. The molecule has 2 fully saturated rings. The lowest BCUT2D eigenvalue weighted by Gasteiger charge is -2.32. The van der Waals surface area contributed by atoms with Crippen LogP contribution < -0.4 is 10.1 Å². The zero-order valence-electron chi connectivity index (χ0n) is 17.8. The molecule has 1 N–H and O–H groups in total. The quantitative estimate of drug-likeness (QED) is 0.602. The maximum absolute atomic E-state index is 13.1. The molecule has 2 aliphatic rings. The van der Waals surface area contributed by atoms with E-state index in [-0.39, 0.29) is 29.4 Å². The zero-order valence-corrected chi connectivity index (χ0v) is 18.6. The minimum atomic E-state index is -3.77. The van der Waals surface area contributed by atoms with E-state index in [9.17, 15) is 22.8 Å². The number of likely N-dealkylation sites (N-methyl/N-ethyl adjacent to an activating group) is 1. The molecule has 1 aromatic rings. The molecule has 0 saturated carbocycles. The van der Waals surface area contributed by atoms with Crippen LogP contribution in [0.25, 0.3) is 0 Å². The number of methoxy groups -OCH3 is 1. The topological polar surface area (TPSA) is 116 Å². The molecule has 10 nitrogen and oxygen atoms in total. The molecule has 2 saturated heterocycles. The van der Waals surface area contributed by atoms with E-state index >= 15 is 0 Å². The summed E-state index contributed by atoms with van der Waals surface area (Å²) in [6.45, 7) is 3.46. The number of sulfonamides is 1. The second kappa shape index (κ2) is 9.65. The molecular formula is C20H28N4O6S. The van der Waals surface area contributed by atoms with E-state index in [1.807, 2.05) is 0 Å². The predicted octanol–water partition coefficient (Wildman–Crippen LogP) is 0.499. The number of amides is 3. The smallest absolute Gasteiger partial charge is 0.312 e. The van der Waals surface area contributed by atoms with Crippen LogP contribution in [0.2, 0.25) is 0 Å². The summed E-state index contributed by atoms with van der Waals surface area (Å²) in [5.74, 6) is -1.66. The summed E-state index contributed by atoms with van der Waals surface area (Å²) in [5, 5.41) is 2.62. The van der Waals surface area contributed by atoms with Crippen molar-refractivity contribution in [2.24, 2.45) is 0 Å². The van der Waals surface area contributed by atoms with Gasteiger partial charge in [0.25, 0.3) is 0 Å². The van der Waals surface area contributed by atoms with Crippen molar-refractivity contribution < 1.29 is 27.5 Å². The molecule has 2 aliphatic heterocycles. The van der Waals surface area contributed by atoms with Crippen LogP contribution >= 0.6 is 0 Å². The number of carbonyl (C=O) groups excluding carboxylic acids is 3. The van der Waals surface area contributed by atoms with Gasteiger partial charge in [-0.15, -0.1) is 0 Å². The standard InChI is InChI=1S/C20H28N4O6S/c1-3-22-11-12-23(20(27)19(22)26)14-18(25)21-15-7-8-16(30-2)17(13-15)31(28,29)24-9-5-4-6-10-24/h7-8,13H,3-6,9-12,14H2,1-2H3,(H,21,25). The average Bonchev–Trinajstić information content (AvgIpc) is 2.77. The molecule has 0 radical (unpaired) electrons. The molecule has 31 heavy (non-hydrogen) atoms. The summed E-state index contributed by atoms with van der Waals surface area (Å²) < 4.78 is 32.9. The summed E-state index contributed by atoms with van der Waals surface area (Å²) in [4.78, 5) is 39.3. The third kappa shape index (κ3) is 4.99. The molecule has 1 aromatic carbocycles. The van der Waals surface area contributed by atoms with Gasteiger partial charge in [-0.3, -0.25) is 14.4 Å². The normalized spacial score (nSPS) is 18.3. The van der Waals surface area contributed by atoms with Gasteiger partial charge >= 0.3 is 11.8 Å². The fraction of sp³-hybridized carbons (Fsp3) is 0.550. The number of hydrogen-bond donors (Lipinski definition) is 1. The highest BCUT2D eigenvalue weighted by Gasteiger charge is 2.33. The van der Waals surface area contributed by atoms with Crippen molar-refractivity contribution in [2.45, 2.75) is 31.1 Å². The van der Waals surface area contributed by atoms with Crippen LogP contribution in [0.5, 0.6) is 5.75 Å². The van der Waals surface area contributed by atoms with Gasteiger partial charge in [0.2, 0.25) is 15.9 Å². The van der Waals surface area contributed by atoms with Gasteiger partial charge in [0.05, 0.1) is 7.11 Å². The third-order valence-corrected chi connectivity index (χ3v) is 7.41. The number of nitrogens with one attached hydrogen (secondary N) is 1. The molecule has 3 rings (SSSR count). The van der Waals surface area contributed by atoms with Gasteiger partial charge in [-0.05, 0) is 38.0 Å². The molecule has 0 aromatic heterocycles. The summed E-state index contributed by atoms with van der Waals surface area (Å²) in [6, 6.07) is 4.39. The molecule has 0 aliphatic carbocycles. The van der Waals surface area contributed by atoms with Crippen LogP contribution in [0.1, 0.15) is 26.2 Å². The predicted molar refractivity (Wildman–Crippen MR) is 113 cm³/mol. The Kier molecular flexibility index (Phi) is 7.16. The first-order valence-electron chi connectivity index (χ1n) is 10.3. The molecule has 3 amide bonds. The lowest BCUT2D eigenvalue weighted by molar-refractivity contribution is -0.156. The Morgan fingerprint density at radius 2 is 1.68 bits per heavy atom. The van der Waals surface area contributed by atoms with Crippen LogP contribution in [0, 0.1) is 0 Å². The van der Waals surface area contributed by atoms with Crippen molar-refractivity contribution in [2.75, 3.05) is 51.7 Å². The Labute approximate surface area is 182 Å². The van der Waals surface area contributed by atoms with Gasteiger partial charge in [0, 0.05) is 38.4 Å². The number of carbonyl (C=O) groups is 3. The van der Waals surface area contributed by atoms with Crippen molar-refractivity contribution in [1.29, 1.82) is 0 Å². The minimum Gasteiger partial charge on any atom is -0.495 e. The highest BCUT2D eigenvalue weighted by atomic mass is 32.2. The molecule has 0 spiro atoms. The van der Waals surface area contributed by atoms with Crippen LogP contribution in [0.4, 0.5) is 5.69 Å². The molecular weight excluding hydrogens is 424 g/mol. The van der Waals surface area contributed by atoms with Gasteiger partial charge in [-0.2, -0.15) is 4.31 Å². The third-order valence-electron chi connectivity index (χ3n) is 5.49. The zero-order chi connectivity index (χ0) is 22.6. The summed E-state index contributed by atoms with van der Waals surface area (Å²) in [7, 11) is -2.38. The molecule has 170 valence electrons. The fourth-order valence-electron chi connectivity index (χ4n) is 3.74. The Morgan fingerprint density at radius 3 is 2.32 bits per heavy atom. The summed E-state index contributed by atoms with van der Waals surface area (Å²) >= 11 is 0. The molecule has 11 heteroatoms. The Morgan fingerprint density at radius 1 is 1.03 bits per heavy atom. The van der Waals surface area contributed by atoms with Crippen molar-refractivity contribution in [1.82, 2.24) is 14.1 Å². The maximum Gasteiger partial charge on any atom is 0.312 e. The van der Waals surface area contributed by atoms with E-state index in [2.05, 4.69) is 5.32 Å². The van der Waals surface area contributed by atoms with Crippen LogP contribution in [-0.4, -0.2) is 86.6 Å². The first-order valence-corrected chi connectivity index (χ1v) is 11.8. The number of ether oxygens (including phenoxy) is 1. The van der Waals surface area contributed by atoms with Crippen LogP contribution in [-0.2, 0) is 24.4 Å². The molecule has 0 unspecified atom stereocenters. The van der Waals surface area contributed by atoms with E-state index in [4.69, 9.17) is 4.74 Å². The Bertz CT molecular complexity index is 958. The van der Waals surface area contributed by atoms with Gasteiger partial charge in [-0.25, -0.2) is 8.42 Å². The molecule has 0 bridgehead atoms. The second-order valence-electron chi connectivity index (χ2n) is 7.49. The van der Waals surface area contributed by atoms with Crippen LogP contribution in [0.15, 0.2) is 23.1 Å². The highest BCUT2D eigenvalue weighted by molar-refractivity contribution is 7.89. The van der Waals surface area contributed by atoms with E-state index in [0.717, 1.165) is 19.3 Å². The second-order valence-corrected chi connectivity index (χ2v) is 9.40. The SMILES string of the molecule is CCN1CCN(CC(=O)Nc2ccc(OC)c(S(=O)(=O)N3CCCCC3)c2)C(=O)C1=O. The average molecular weight is 453 g/mol. The van der Waals surface area contributed by atoms with Crippen LogP contribution in [0.3, 0.4) is 0 Å². The number of rotatable bonds is 7. The molecule has 0 atom stereocenters.